The number of hydrogen-bond acceptors (Lipinski definition) is 6. The van der Waals surface area contributed by atoms with Crippen LogP contribution >= 0.6 is 27.3 Å². The molecule has 0 amide bonds. The molecule has 1 atom stereocenters. The molecular formula is C26H23BrN2O4S. The fourth-order valence-corrected chi connectivity index (χ4v) is 5.21. The first-order valence-corrected chi connectivity index (χ1v) is 12.3. The quantitative estimate of drug-likeness (QED) is 0.335. The summed E-state index contributed by atoms with van der Waals surface area (Å²) in [6.07, 6.45) is 3.46. The number of aromatic nitrogens is 1. The smallest absolute Gasteiger partial charge is 0.338 e. The third-order valence-electron chi connectivity index (χ3n) is 5.25. The maximum absolute atomic E-state index is 13.7. The molecule has 3 aromatic rings. The first kappa shape index (κ1) is 23.9. The lowest BCUT2D eigenvalue weighted by molar-refractivity contribution is -0.139. The summed E-state index contributed by atoms with van der Waals surface area (Å²) in [5.41, 5.74) is 2.23. The van der Waals surface area contributed by atoms with Crippen LogP contribution in [0, 0.1) is 0 Å². The molecule has 174 valence electrons. The number of carbonyl (C=O) groups is 1. The fourth-order valence-electron chi connectivity index (χ4n) is 3.80. The second-order valence-electron chi connectivity index (χ2n) is 7.49. The van der Waals surface area contributed by atoms with Gasteiger partial charge in [0.1, 0.15) is 12.4 Å². The highest BCUT2D eigenvalue weighted by molar-refractivity contribution is 9.10. The monoisotopic (exact) mass is 538 g/mol. The van der Waals surface area contributed by atoms with E-state index in [-0.39, 0.29) is 12.2 Å². The van der Waals surface area contributed by atoms with Crippen LogP contribution in [-0.4, -0.2) is 23.8 Å². The summed E-state index contributed by atoms with van der Waals surface area (Å²) in [4.78, 5) is 31.7. The summed E-state index contributed by atoms with van der Waals surface area (Å²) < 4.78 is 14.0. The van der Waals surface area contributed by atoms with E-state index in [0.717, 1.165) is 15.6 Å². The first-order valence-electron chi connectivity index (χ1n) is 10.7. The summed E-state index contributed by atoms with van der Waals surface area (Å²) >= 11 is 4.76. The Bertz CT molecular complexity index is 1450. The highest BCUT2D eigenvalue weighted by Crippen LogP contribution is 2.30. The van der Waals surface area contributed by atoms with Gasteiger partial charge in [-0.05, 0) is 43.7 Å². The number of fused-ring (bicyclic) bond motifs is 1. The number of halogens is 1. The lowest BCUT2D eigenvalue weighted by Crippen LogP contribution is -2.39. The van der Waals surface area contributed by atoms with Gasteiger partial charge in [0.25, 0.3) is 5.56 Å². The van der Waals surface area contributed by atoms with Gasteiger partial charge in [-0.1, -0.05) is 70.3 Å². The topological polar surface area (TPSA) is 69.9 Å². The molecule has 0 aliphatic carbocycles. The van der Waals surface area contributed by atoms with E-state index in [1.165, 1.54) is 11.3 Å². The van der Waals surface area contributed by atoms with Crippen molar-refractivity contribution in [3.8, 4) is 5.75 Å². The highest BCUT2D eigenvalue weighted by Gasteiger charge is 2.33. The summed E-state index contributed by atoms with van der Waals surface area (Å²) in [6.45, 7) is 7.80. The van der Waals surface area contributed by atoms with Crippen LogP contribution in [-0.2, 0) is 9.53 Å². The number of allylic oxidation sites excluding steroid dienone is 1. The van der Waals surface area contributed by atoms with Gasteiger partial charge in [0.2, 0.25) is 0 Å². The number of nitrogens with zero attached hydrogens (tertiary/aromatic N) is 2. The Morgan fingerprint density at radius 3 is 2.74 bits per heavy atom. The summed E-state index contributed by atoms with van der Waals surface area (Å²) in [5, 5.41) is 0. The Morgan fingerprint density at radius 2 is 2.03 bits per heavy atom. The molecule has 6 nitrogen and oxygen atoms in total. The van der Waals surface area contributed by atoms with Crippen LogP contribution in [0.1, 0.15) is 31.0 Å². The van der Waals surface area contributed by atoms with Crippen molar-refractivity contribution < 1.29 is 14.3 Å². The van der Waals surface area contributed by atoms with E-state index in [2.05, 4.69) is 27.5 Å². The highest BCUT2D eigenvalue weighted by atomic mass is 79.9. The lowest BCUT2D eigenvalue weighted by Gasteiger charge is -2.24. The molecule has 0 saturated heterocycles. The number of rotatable bonds is 7. The number of esters is 1. The van der Waals surface area contributed by atoms with Crippen LogP contribution in [0.25, 0.3) is 6.08 Å². The second kappa shape index (κ2) is 10.4. The molecule has 0 spiro atoms. The van der Waals surface area contributed by atoms with E-state index in [4.69, 9.17) is 9.47 Å². The summed E-state index contributed by atoms with van der Waals surface area (Å²) in [5.74, 6) is 0.163. The van der Waals surface area contributed by atoms with E-state index in [0.29, 0.717) is 33.0 Å². The molecule has 0 bridgehead atoms. The van der Waals surface area contributed by atoms with E-state index in [1.807, 2.05) is 48.5 Å². The molecule has 0 radical (unpaired) electrons. The number of benzene rings is 2. The number of hydrogen-bond donors (Lipinski definition) is 0. The van der Waals surface area contributed by atoms with Crippen molar-refractivity contribution in [2.24, 2.45) is 4.99 Å². The molecule has 1 aromatic heterocycles. The van der Waals surface area contributed by atoms with Gasteiger partial charge in [-0.2, -0.15) is 0 Å². The van der Waals surface area contributed by atoms with Crippen molar-refractivity contribution in [2.45, 2.75) is 19.9 Å². The maximum Gasteiger partial charge on any atom is 0.338 e. The van der Waals surface area contributed by atoms with Crippen molar-refractivity contribution in [1.29, 1.82) is 0 Å². The van der Waals surface area contributed by atoms with Crippen LogP contribution in [0.15, 0.2) is 86.7 Å². The Hall–Kier alpha value is -3.23. The van der Waals surface area contributed by atoms with Crippen LogP contribution < -0.4 is 19.6 Å². The van der Waals surface area contributed by atoms with Crippen molar-refractivity contribution in [3.05, 3.63) is 108 Å². The van der Waals surface area contributed by atoms with Crippen molar-refractivity contribution >= 4 is 39.3 Å². The second-order valence-corrected chi connectivity index (χ2v) is 9.42. The lowest BCUT2D eigenvalue weighted by atomic mass is 9.96. The molecule has 1 aliphatic heterocycles. The largest absolute Gasteiger partial charge is 0.489 e. The fraction of sp³-hybridized carbons (Fsp3) is 0.192. The Morgan fingerprint density at radius 1 is 1.26 bits per heavy atom. The molecule has 2 aromatic carbocycles. The third kappa shape index (κ3) is 4.69. The molecule has 4 rings (SSSR count). The van der Waals surface area contributed by atoms with Gasteiger partial charge in [-0.15, -0.1) is 0 Å². The molecule has 2 heterocycles. The normalized spacial score (nSPS) is 15.5. The van der Waals surface area contributed by atoms with Gasteiger partial charge in [0.05, 0.1) is 28.5 Å². The molecular weight excluding hydrogens is 516 g/mol. The molecule has 0 unspecified atom stereocenters. The van der Waals surface area contributed by atoms with Gasteiger partial charge in [-0.3, -0.25) is 9.36 Å². The van der Waals surface area contributed by atoms with E-state index < -0.39 is 12.0 Å². The van der Waals surface area contributed by atoms with E-state index in [1.54, 1.807) is 30.6 Å². The average molecular weight is 539 g/mol. The van der Waals surface area contributed by atoms with Crippen molar-refractivity contribution in [2.75, 3.05) is 13.2 Å². The van der Waals surface area contributed by atoms with Crippen LogP contribution in [0.3, 0.4) is 0 Å². The number of ether oxygens (including phenoxy) is 2. The zero-order chi connectivity index (χ0) is 24.2. The van der Waals surface area contributed by atoms with Crippen LogP contribution in [0.2, 0.25) is 0 Å². The molecule has 0 N–H and O–H groups in total. The molecule has 34 heavy (non-hydrogen) atoms. The molecule has 8 heteroatoms. The predicted molar refractivity (Wildman–Crippen MR) is 137 cm³/mol. The summed E-state index contributed by atoms with van der Waals surface area (Å²) in [7, 11) is 0. The van der Waals surface area contributed by atoms with Gasteiger partial charge >= 0.3 is 5.97 Å². The minimum absolute atomic E-state index is 0.234. The van der Waals surface area contributed by atoms with Crippen molar-refractivity contribution in [3.63, 3.8) is 0 Å². The maximum atomic E-state index is 13.7. The number of carbonyl (C=O) groups excluding carboxylic acids is 1. The Kier molecular flexibility index (Phi) is 7.29. The predicted octanol–water partition coefficient (Wildman–Crippen LogP) is 4.13. The SMILES string of the molecule is C=CCOc1ccc(Br)cc1/C=c1\sc2n(c1=O)[C@H](c1ccccc1)C(C(=O)OCC)=C(C)N=2. The van der Waals surface area contributed by atoms with Crippen LogP contribution in [0.4, 0.5) is 0 Å². The first-order chi connectivity index (χ1) is 16.4. The van der Waals surface area contributed by atoms with Gasteiger partial charge in [-0.25, -0.2) is 9.79 Å². The molecule has 0 saturated carbocycles. The average Bonchev–Trinajstić information content (AvgIpc) is 3.12. The Labute approximate surface area is 209 Å². The number of thiazole rings is 1. The third-order valence-corrected chi connectivity index (χ3v) is 6.72. The Balaban J connectivity index is 1.93. The summed E-state index contributed by atoms with van der Waals surface area (Å²) in [6, 6.07) is 14.4. The molecule has 0 fully saturated rings. The minimum Gasteiger partial charge on any atom is -0.489 e. The van der Waals surface area contributed by atoms with E-state index >= 15 is 0 Å². The molecule has 1 aliphatic rings. The van der Waals surface area contributed by atoms with Gasteiger partial charge in [0.15, 0.2) is 4.80 Å². The van der Waals surface area contributed by atoms with Crippen molar-refractivity contribution in [1.82, 2.24) is 4.57 Å². The standard InChI is InChI=1S/C26H23BrN2O4S/c1-4-13-33-20-12-11-19(27)14-18(20)15-21-24(30)29-23(17-9-7-6-8-10-17)22(25(31)32-5-2)16(3)28-26(29)34-21/h4,6-12,14-15,23H,1,5,13H2,2-3H3/b21-15-/t23-/m1/s1. The van der Waals surface area contributed by atoms with Crippen LogP contribution in [0.5, 0.6) is 5.75 Å². The zero-order valence-electron chi connectivity index (χ0n) is 18.8. The van der Waals surface area contributed by atoms with Gasteiger partial charge in [0, 0.05) is 10.0 Å². The van der Waals surface area contributed by atoms with E-state index in [9.17, 15) is 9.59 Å². The van der Waals surface area contributed by atoms with Gasteiger partial charge < -0.3 is 9.47 Å². The zero-order valence-corrected chi connectivity index (χ0v) is 21.2. The minimum atomic E-state index is -0.627.